The van der Waals surface area contributed by atoms with E-state index in [9.17, 15) is 17.4 Å². The lowest BCUT2D eigenvalue weighted by Crippen LogP contribution is -2.21. The van der Waals surface area contributed by atoms with Crippen molar-refractivity contribution in [2.24, 2.45) is 0 Å². The lowest BCUT2D eigenvalue weighted by Gasteiger charge is -2.10. The number of rotatable bonds is 6. The van der Waals surface area contributed by atoms with Gasteiger partial charge in [-0.2, -0.15) is 13.2 Å². The van der Waals surface area contributed by atoms with Crippen molar-refractivity contribution < 1.29 is 17.4 Å². The van der Waals surface area contributed by atoms with Crippen LogP contribution in [0.1, 0.15) is 24.5 Å². The summed E-state index contributed by atoms with van der Waals surface area (Å²) in [5.41, 5.74) is 0.171. The second-order valence-corrected chi connectivity index (χ2v) is 6.27. The lowest BCUT2D eigenvalue weighted by molar-refractivity contribution is -0.137. The molecule has 0 aliphatic carbocycles. The Labute approximate surface area is 113 Å². The SMILES string of the molecule is CC(CCNCc1ccc(C(F)(F)F)cc1)S(C)=O. The summed E-state index contributed by atoms with van der Waals surface area (Å²) in [5, 5.41) is 3.26. The largest absolute Gasteiger partial charge is 0.416 e. The second kappa shape index (κ2) is 7.05. The number of hydrogen-bond acceptors (Lipinski definition) is 2. The van der Waals surface area contributed by atoms with E-state index in [1.54, 1.807) is 6.26 Å². The summed E-state index contributed by atoms with van der Waals surface area (Å²) in [7, 11) is -0.836. The van der Waals surface area contributed by atoms with Gasteiger partial charge in [-0.05, 0) is 30.7 Å². The molecule has 0 aromatic heterocycles. The third-order valence-corrected chi connectivity index (χ3v) is 4.27. The van der Waals surface area contributed by atoms with E-state index >= 15 is 0 Å². The van der Waals surface area contributed by atoms with Crippen LogP contribution in [0.3, 0.4) is 0 Å². The molecule has 2 atom stereocenters. The third kappa shape index (κ3) is 5.74. The first-order valence-electron chi connectivity index (χ1n) is 6.00. The molecular formula is C13H18F3NOS. The van der Waals surface area contributed by atoms with E-state index in [2.05, 4.69) is 5.32 Å². The van der Waals surface area contributed by atoms with Gasteiger partial charge in [-0.15, -0.1) is 0 Å². The minimum Gasteiger partial charge on any atom is -0.313 e. The molecule has 1 aromatic carbocycles. The van der Waals surface area contributed by atoms with Crippen LogP contribution in [-0.2, 0) is 23.5 Å². The van der Waals surface area contributed by atoms with Gasteiger partial charge >= 0.3 is 6.18 Å². The quantitative estimate of drug-likeness (QED) is 0.817. The van der Waals surface area contributed by atoms with E-state index < -0.39 is 22.5 Å². The van der Waals surface area contributed by atoms with Gasteiger partial charge < -0.3 is 5.32 Å². The van der Waals surface area contributed by atoms with E-state index in [0.29, 0.717) is 13.1 Å². The predicted octanol–water partition coefficient (Wildman–Crippen LogP) is 2.95. The van der Waals surface area contributed by atoms with E-state index in [1.807, 2.05) is 6.92 Å². The van der Waals surface area contributed by atoms with Crippen LogP contribution in [0.5, 0.6) is 0 Å². The number of alkyl halides is 3. The molecule has 0 bridgehead atoms. The zero-order chi connectivity index (χ0) is 14.5. The average Bonchev–Trinajstić information content (AvgIpc) is 2.33. The minimum atomic E-state index is -4.29. The van der Waals surface area contributed by atoms with Crippen LogP contribution in [0.15, 0.2) is 24.3 Å². The Balaban J connectivity index is 2.37. The number of halogens is 3. The maximum absolute atomic E-state index is 12.3. The van der Waals surface area contributed by atoms with Crippen molar-refractivity contribution in [3.63, 3.8) is 0 Å². The molecule has 0 saturated carbocycles. The smallest absolute Gasteiger partial charge is 0.313 e. The Morgan fingerprint density at radius 1 is 1.26 bits per heavy atom. The van der Waals surface area contributed by atoms with Crippen LogP contribution in [0, 0.1) is 0 Å². The van der Waals surface area contributed by atoms with Crippen molar-refractivity contribution in [2.75, 3.05) is 12.8 Å². The first kappa shape index (κ1) is 16.2. The third-order valence-electron chi connectivity index (χ3n) is 2.90. The first-order chi connectivity index (χ1) is 8.80. The van der Waals surface area contributed by atoms with E-state index in [4.69, 9.17) is 0 Å². The van der Waals surface area contributed by atoms with Crippen molar-refractivity contribution in [1.82, 2.24) is 5.32 Å². The maximum atomic E-state index is 12.3. The molecule has 0 heterocycles. The van der Waals surface area contributed by atoms with Crippen LogP contribution < -0.4 is 5.32 Å². The van der Waals surface area contributed by atoms with Gasteiger partial charge in [0.15, 0.2) is 0 Å². The zero-order valence-electron chi connectivity index (χ0n) is 11.0. The van der Waals surface area contributed by atoms with Crippen LogP contribution >= 0.6 is 0 Å². The van der Waals surface area contributed by atoms with E-state index in [0.717, 1.165) is 24.1 Å². The molecule has 2 nitrogen and oxygen atoms in total. The van der Waals surface area contributed by atoms with E-state index in [-0.39, 0.29) is 5.25 Å². The van der Waals surface area contributed by atoms with Gasteiger partial charge in [0.2, 0.25) is 0 Å². The topological polar surface area (TPSA) is 29.1 Å². The van der Waals surface area contributed by atoms with Crippen LogP contribution in [0.4, 0.5) is 13.2 Å². The molecule has 0 spiro atoms. The van der Waals surface area contributed by atoms with Crippen LogP contribution in [0.2, 0.25) is 0 Å². The van der Waals surface area contributed by atoms with E-state index in [1.165, 1.54) is 12.1 Å². The molecule has 2 unspecified atom stereocenters. The van der Waals surface area contributed by atoms with Gasteiger partial charge in [0.1, 0.15) is 0 Å². The Hall–Kier alpha value is -0.880. The molecule has 1 N–H and O–H groups in total. The summed E-state index contributed by atoms with van der Waals surface area (Å²) in [6, 6.07) is 5.11. The van der Waals surface area contributed by atoms with Crippen molar-refractivity contribution >= 4 is 10.8 Å². The normalized spacial score (nSPS) is 15.2. The lowest BCUT2D eigenvalue weighted by atomic mass is 10.1. The average molecular weight is 293 g/mol. The molecule has 6 heteroatoms. The monoisotopic (exact) mass is 293 g/mol. The summed E-state index contributed by atoms with van der Waals surface area (Å²) in [6.07, 6.45) is -1.84. The molecular weight excluding hydrogens is 275 g/mol. The summed E-state index contributed by atoms with van der Waals surface area (Å²) in [5.74, 6) is 0. The van der Waals surface area contributed by atoms with Gasteiger partial charge in [0, 0.05) is 28.9 Å². The summed E-state index contributed by atoms with van der Waals surface area (Å²) in [4.78, 5) is 0. The highest BCUT2D eigenvalue weighted by Gasteiger charge is 2.29. The molecule has 1 rings (SSSR count). The molecule has 0 fully saturated rings. The van der Waals surface area contributed by atoms with Crippen LogP contribution in [-0.4, -0.2) is 22.3 Å². The summed E-state index contributed by atoms with van der Waals surface area (Å²) < 4.78 is 48.2. The van der Waals surface area contributed by atoms with Gasteiger partial charge in [-0.1, -0.05) is 19.1 Å². The molecule has 108 valence electrons. The van der Waals surface area contributed by atoms with Crippen molar-refractivity contribution in [2.45, 2.75) is 31.3 Å². The van der Waals surface area contributed by atoms with Crippen molar-refractivity contribution in [3.05, 3.63) is 35.4 Å². The highest BCUT2D eigenvalue weighted by Crippen LogP contribution is 2.28. The zero-order valence-corrected chi connectivity index (χ0v) is 11.8. The Bertz CT molecular complexity index is 417. The standard InChI is InChI=1S/C13H18F3NOS/c1-10(19(2)18)7-8-17-9-11-3-5-12(6-4-11)13(14,15)16/h3-6,10,17H,7-9H2,1-2H3. The predicted molar refractivity (Wildman–Crippen MR) is 71.3 cm³/mol. The fraction of sp³-hybridized carbons (Fsp3) is 0.538. The van der Waals surface area contributed by atoms with Crippen molar-refractivity contribution in [1.29, 1.82) is 0 Å². The van der Waals surface area contributed by atoms with Gasteiger partial charge in [0.05, 0.1) is 5.56 Å². The molecule has 0 saturated heterocycles. The molecule has 1 aromatic rings. The molecule has 0 aliphatic rings. The fourth-order valence-electron chi connectivity index (χ4n) is 1.52. The van der Waals surface area contributed by atoms with Gasteiger partial charge in [-0.3, -0.25) is 4.21 Å². The minimum absolute atomic E-state index is 0.125. The summed E-state index contributed by atoms with van der Waals surface area (Å²) >= 11 is 0. The molecule has 0 radical (unpaired) electrons. The van der Waals surface area contributed by atoms with Gasteiger partial charge in [0.25, 0.3) is 0 Å². The van der Waals surface area contributed by atoms with Crippen molar-refractivity contribution in [3.8, 4) is 0 Å². The second-order valence-electron chi connectivity index (χ2n) is 4.47. The molecule has 19 heavy (non-hydrogen) atoms. The van der Waals surface area contributed by atoms with Gasteiger partial charge in [-0.25, -0.2) is 0 Å². The molecule has 0 aliphatic heterocycles. The Morgan fingerprint density at radius 3 is 2.32 bits per heavy atom. The van der Waals surface area contributed by atoms with Crippen LogP contribution in [0.25, 0.3) is 0 Å². The number of hydrogen-bond donors (Lipinski definition) is 1. The number of benzene rings is 1. The molecule has 0 amide bonds. The first-order valence-corrected chi connectivity index (χ1v) is 7.62. The summed E-state index contributed by atoms with van der Waals surface area (Å²) in [6.45, 7) is 3.12. The highest BCUT2D eigenvalue weighted by atomic mass is 32.2. The Kier molecular flexibility index (Phi) is 6.00. The Morgan fingerprint density at radius 2 is 1.84 bits per heavy atom. The maximum Gasteiger partial charge on any atom is 0.416 e. The fourth-order valence-corrected chi connectivity index (χ4v) is 1.97. The highest BCUT2D eigenvalue weighted by molar-refractivity contribution is 7.84. The number of nitrogens with one attached hydrogen (secondary N) is 1.